The van der Waals surface area contributed by atoms with Crippen LogP contribution in [0.2, 0.25) is 10.0 Å². The first kappa shape index (κ1) is 67.7. The Labute approximate surface area is 540 Å². The van der Waals surface area contributed by atoms with E-state index in [4.69, 9.17) is 42.1 Å². The highest BCUT2D eigenvalue weighted by Gasteiger charge is 2.49. The van der Waals surface area contributed by atoms with Crippen LogP contribution in [-0.4, -0.2) is 147 Å². The van der Waals surface area contributed by atoms with Gasteiger partial charge in [0.25, 0.3) is 0 Å². The van der Waals surface area contributed by atoms with Crippen molar-refractivity contribution in [2.45, 2.75) is 124 Å². The summed E-state index contributed by atoms with van der Waals surface area (Å²) in [4.78, 5) is 60.2. The van der Waals surface area contributed by atoms with Gasteiger partial charge < -0.3 is 59.0 Å². The minimum absolute atomic E-state index is 0.0995. The molecule has 0 aromatic heterocycles. The molecule has 18 heteroatoms. The number of ether oxygens (including phenoxy) is 4. The predicted molar refractivity (Wildman–Crippen MR) is 351 cm³/mol. The summed E-state index contributed by atoms with van der Waals surface area (Å²) < 4.78 is 23.2. The second-order valence-electron chi connectivity index (χ2n) is 25.9. The second kappa shape index (κ2) is 28.9. The molecule has 10 atom stereocenters. The van der Waals surface area contributed by atoms with E-state index in [2.05, 4.69) is 60.4 Å². The van der Waals surface area contributed by atoms with Gasteiger partial charge in [0, 0.05) is 74.2 Å². The fourth-order valence-electron chi connectivity index (χ4n) is 14.6. The molecular formula is C72H90Cl2N4O12. The van der Waals surface area contributed by atoms with E-state index in [0.717, 1.165) is 75.6 Å². The lowest BCUT2D eigenvalue weighted by molar-refractivity contribution is -0.168. The number of carbonyl (C=O) groups excluding carboxylic acids is 4. The number of anilines is 2. The van der Waals surface area contributed by atoms with Crippen LogP contribution in [0.3, 0.4) is 0 Å². The monoisotopic (exact) mass is 1270 g/mol. The lowest BCUT2D eigenvalue weighted by atomic mass is 9.68. The number of halogens is 2. The van der Waals surface area contributed by atoms with E-state index in [9.17, 15) is 39.6 Å². The summed E-state index contributed by atoms with van der Waals surface area (Å²) in [6.45, 7) is 19.4. The van der Waals surface area contributed by atoms with Gasteiger partial charge in [-0.05, 0) is 183 Å². The first-order valence-electron chi connectivity index (χ1n) is 31.6. The molecule has 2 heterocycles. The van der Waals surface area contributed by atoms with Crippen molar-refractivity contribution in [2.75, 3.05) is 90.6 Å². The van der Waals surface area contributed by atoms with Crippen LogP contribution in [-0.2, 0) is 63.5 Å². The highest BCUT2D eigenvalue weighted by Crippen LogP contribution is 2.50. The van der Waals surface area contributed by atoms with E-state index < -0.39 is 48.2 Å². The van der Waals surface area contributed by atoms with Gasteiger partial charge in [-0.2, -0.15) is 0 Å². The van der Waals surface area contributed by atoms with Gasteiger partial charge in [0.05, 0.1) is 63.9 Å². The van der Waals surface area contributed by atoms with Gasteiger partial charge in [0.1, 0.15) is 11.5 Å². The Morgan fingerprint density at radius 1 is 0.633 bits per heavy atom. The molecule has 2 saturated carbocycles. The zero-order chi connectivity index (χ0) is 64.7. The third kappa shape index (κ3) is 14.0. The van der Waals surface area contributed by atoms with Crippen LogP contribution in [0.1, 0.15) is 110 Å². The zero-order valence-electron chi connectivity index (χ0n) is 52.7. The number of amides is 2. The Hall–Kier alpha value is -6.66. The van der Waals surface area contributed by atoms with Gasteiger partial charge in [-0.1, -0.05) is 71.8 Å². The van der Waals surface area contributed by atoms with E-state index in [1.54, 1.807) is 74.8 Å². The molecule has 0 saturated heterocycles. The Balaban J connectivity index is 0.000000213. The molecule has 0 bridgehead atoms. The number of rotatable bonds is 22. The topological polar surface area (TPSA) is 199 Å². The summed E-state index contributed by atoms with van der Waals surface area (Å²) in [7, 11) is 5.68. The number of aryl methyl sites for hydroxylation is 2. The van der Waals surface area contributed by atoms with Crippen molar-refractivity contribution in [3.8, 4) is 11.5 Å². The van der Waals surface area contributed by atoms with Crippen molar-refractivity contribution in [1.29, 1.82) is 0 Å². The average molecular weight is 1270 g/mol. The highest BCUT2D eigenvalue weighted by atomic mass is 35.5. The smallest absolute Gasteiger partial charge is 0.343 e. The fraction of sp³-hybridized carbons (Fsp3) is 0.500. The minimum Gasteiger partial charge on any atom is -0.490 e. The van der Waals surface area contributed by atoms with E-state index in [1.807, 2.05) is 12.1 Å². The number of aliphatic hydroxyl groups excluding tert-OH is 2. The van der Waals surface area contributed by atoms with Gasteiger partial charge in [-0.15, -0.1) is 26.3 Å². The molecule has 4 aliphatic carbocycles. The average Bonchev–Trinajstić information content (AvgIpc) is 1.49. The molecule has 0 radical (unpaired) electrons. The lowest BCUT2D eigenvalue weighted by Gasteiger charge is -2.45. The molecule has 2 amide bonds. The molecule has 4 aromatic rings. The van der Waals surface area contributed by atoms with Crippen molar-refractivity contribution in [1.82, 2.24) is 9.80 Å². The standard InChI is InChI=1S/2C36H45ClN2O6/c2*1-5-7-17-38(3)33(41)20-36(43,34(42)44-4)26-11-15-32-30(19-26)39(21-25-10-13-28(25)31(40)6-2)22-35(23-45-32)16-8-9-24-18-27(37)12-14-29(24)35/h2*5-6,11-12,14-15,18-19,25,28,31,40,43H,1-2,7-10,13,16-17,20-23H2,3-4H3/t25-,28+,31-,35-,36+;25-,28+,31-,35-,36-/m00/s1. The molecule has 2 aliphatic heterocycles. The molecule has 4 N–H and O–H groups in total. The molecule has 90 heavy (non-hydrogen) atoms. The maximum Gasteiger partial charge on any atom is 0.343 e. The number of fused-ring (bicyclic) bond motifs is 6. The highest BCUT2D eigenvalue weighted by molar-refractivity contribution is 6.31. The zero-order valence-corrected chi connectivity index (χ0v) is 54.2. The molecule has 484 valence electrons. The largest absolute Gasteiger partial charge is 0.490 e. The number of methoxy groups -OCH3 is 2. The summed E-state index contributed by atoms with van der Waals surface area (Å²) >= 11 is 12.8. The van der Waals surface area contributed by atoms with Crippen LogP contribution in [0.4, 0.5) is 11.4 Å². The van der Waals surface area contributed by atoms with Crippen molar-refractivity contribution >= 4 is 58.3 Å². The number of nitrogens with zero attached hydrogens (tertiary/aromatic N) is 4. The lowest BCUT2D eigenvalue weighted by Crippen LogP contribution is -2.49. The van der Waals surface area contributed by atoms with Gasteiger partial charge in [0.15, 0.2) is 11.2 Å². The Kier molecular flexibility index (Phi) is 21.7. The van der Waals surface area contributed by atoms with Gasteiger partial charge in [0.2, 0.25) is 11.8 Å². The number of aliphatic hydroxyl groups is 4. The predicted octanol–water partition coefficient (Wildman–Crippen LogP) is 10.3. The normalized spacial score (nSPS) is 24.1. The molecule has 0 unspecified atom stereocenters. The molecule has 6 aliphatic rings. The van der Waals surface area contributed by atoms with Crippen molar-refractivity contribution in [3.63, 3.8) is 0 Å². The van der Waals surface area contributed by atoms with Gasteiger partial charge in [-0.3, -0.25) is 9.59 Å². The van der Waals surface area contributed by atoms with Crippen LogP contribution in [0.5, 0.6) is 11.5 Å². The van der Waals surface area contributed by atoms with Crippen molar-refractivity contribution in [2.24, 2.45) is 23.7 Å². The number of hydrogen-bond donors (Lipinski definition) is 4. The SMILES string of the molecule is C=CCCN(C)C(=O)C[C@@](O)(C(=O)OC)c1ccc2c(c1)N(C[C@@H]1CC[C@H]1[C@@H](O)C=C)C[C@@]1(CCCc3cc(Cl)ccc31)CO2.C=CCCN(C)C(=O)C[C@](O)(C(=O)OC)c1ccc2c(c1)N(C[C@@H]1CC[C@H]1[C@@H](O)C=C)C[C@@]1(CCCc3cc(Cl)ccc31)CO2. The van der Waals surface area contributed by atoms with E-state index >= 15 is 0 Å². The van der Waals surface area contributed by atoms with Crippen LogP contribution in [0.25, 0.3) is 0 Å². The third-order valence-electron chi connectivity index (χ3n) is 20.3. The number of hydrogen-bond acceptors (Lipinski definition) is 14. The van der Waals surface area contributed by atoms with Crippen molar-refractivity contribution < 1.29 is 58.6 Å². The van der Waals surface area contributed by atoms with Crippen LogP contribution in [0.15, 0.2) is 123 Å². The summed E-state index contributed by atoms with van der Waals surface area (Å²) in [6, 6.07) is 22.6. The second-order valence-corrected chi connectivity index (χ2v) is 26.7. The van der Waals surface area contributed by atoms with Crippen molar-refractivity contribution in [3.05, 3.63) is 167 Å². The summed E-state index contributed by atoms with van der Waals surface area (Å²) in [5.41, 5.74) is 1.88. The van der Waals surface area contributed by atoms with Gasteiger partial charge in [-0.25, -0.2) is 9.59 Å². The first-order valence-corrected chi connectivity index (χ1v) is 32.4. The maximum absolute atomic E-state index is 13.2. The Morgan fingerprint density at radius 2 is 1.03 bits per heavy atom. The number of esters is 2. The molecule has 16 nitrogen and oxygen atoms in total. The molecule has 2 spiro atoms. The molecular weight excluding hydrogens is 1180 g/mol. The Morgan fingerprint density at radius 3 is 1.38 bits per heavy atom. The molecule has 2 fully saturated rings. The first-order chi connectivity index (χ1) is 43.1. The minimum atomic E-state index is -2.20. The van der Waals surface area contributed by atoms with Crippen LogP contribution in [0, 0.1) is 23.7 Å². The fourth-order valence-corrected chi connectivity index (χ4v) is 15.0. The molecule has 10 rings (SSSR count). The third-order valence-corrected chi connectivity index (χ3v) is 20.8. The van der Waals surface area contributed by atoms with E-state index in [1.165, 1.54) is 46.3 Å². The van der Waals surface area contributed by atoms with Gasteiger partial charge >= 0.3 is 11.9 Å². The Bertz CT molecular complexity index is 3110. The van der Waals surface area contributed by atoms with E-state index in [-0.39, 0.29) is 57.4 Å². The number of carbonyl (C=O) groups is 4. The number of benzene rings is 4. The summed E-state index contributed by atoms with van der Waals surface area (Å²) in [5.74, 6) is -0.676. The maximum atomic E-state index is 13.2. The van der Waals surface area contributed by atoms with E-state index in [0.29, 0.717) is 86.9 Å². The van der Waals surface area contributed by atoms with Crippen LogP contribution < -0.4 is 19.3 Å². The quantitative estimate of drug-likeness (QED) is 0.0428. The van der Waals surface area contributed by atoms with Crippen LogP contribution >= 0.6 is 23.2 Å². The summed E-state index contributed by atoms with van der Waals surface area (Å²) in [6.07, 6.45) is 15.2. The summed E-state index contributed by atoms with van der Waals surface area (Å²) in [5, 5.41) is 46.5. The molecule has 4 aromatic carbocycles.